The fraction of sp³-hybridized carbons (Fsp3) is 0.231. The van der Waals surface area contributed by atoms with Crippen LogP contribution in [0.1, 0.15) is 0 Å². The highest BCUT2D eigenvalue weighted by Crippen LogP contribution is 2.15. The van der Waals surface area contributed by atoms with E-state index >= 15 is 0 Å². The molecule has 0 spiro atoms. The van der Waals surface area contributed by atoms with Crippen molar-refractivity contribution >= 4 is 23.4 Å². The maximum Gasteiger partial charge on any atom is 0.411 e. The van der Waals surface area contributed by atoms with Crippen LogP contribution < -0.4 is 16.0 Å². The average Bonchev–Trinajstić information content (AvgIpc) is 2.39. The molecule has 6 heteroatoms. The van der Waals surface area contributed by atoms with Gasteiger partial charge in [0.2, 0.25) is 5.91 Å². The quantitative estimate of drug-likeness (QED) is 0.538. The van der Waals surface area contributed by atoms with Crippen LogP contribution in [0.15, 0.2) is 36.9 Å². The van der Waals surface area contributed by atoms with Gasteiger partial charge in [-0.15, -0.1) is 6.58 Å². The first-order chi connectivity index (χ1) is 9.15. The fourth-order valence-corrected chi connectivity index (χ4v) is 1.34. The van der Waals surface area contributed by atoms with Crippen molar-refractivity contribution in [3.8, 4) is 0 Å². The summed E-state index contributed by atoms with van der Waals surface area (Å²) in [6.45, 7) is 4.30. The van der Waals surface area contributed by atoms with Crippen molar-refractivity contribution in [3.63, 3.8) is 0 Å². The minimum Gasteiger partial charge on any atom is -0.453 e. The molecule has 19 heavy (non-hydrogen) atoms. The third kappa shape index (κ3) is 5.69. The Morgan fingerprint density at radius 2 is 2.00 bits per heavy atom. The van der Waals surface area contributed by atoms with Gasteiger partial charge in [0.05, 0.1) is 13.7 Å². The van der Waals surface area contributed by atoms with Crippen LogP contribution in [-0.4, -0.2) is 32.2 Å². The van der Waals surface area contributed by atoms with Crippen molar-refractivity contribution in [2.24, 2.45) is 0 Å². The predicted molar refractivity (Wildman–Crippen MR) is 74.2 cm³/mol. The van der Waals surface area contributed by atoms with E-state index in [0.29, 0.717) is 17.9 Å². The average molecular weight is 263 g/mol. The Hall–Kier alpha value is -2.34. The predicted octanol–water partition coefficient (Wildman–Crippen LogP) is 1.58. The molecule has 0 aliphatic heterocycles. The molecule has 102 valence electrons. The van der Waals surface area contributed by atoms with E-state index in [2.05, 4.69) is 27.3 Å². The number of ether oxygens (including phenoxy) is 1. The van der Waals surface area contributed by atoms with Crippen LogP contribution in [0.3, 0.4) is 0 Å². The highest BCUT2D eigenvalue weighted by Gasteiger charge is 2.04. The standard InChI is InChI=1S/C13H17N3O3/c1-3-7-14-9-12(17)15-10-5-4-6-11(8-10)16-13(18)19-2/h3-6,8,14H,1,7,9H2,2H3,(H,15,17)(H,16,18). The zero-order valence-corrected chi connectivity index (χ0v) is 10.7. The van der Waals surface area contributed by atoms with Gasteiger partial charge in [-0.25, -0.2) is 4.79 Å². The Morgan fingerprint density at radius 3 is 2.63 bits per heavy atom. The van der Waals surface area contributed by atoms with Gasteiger partial charge >= 0.3 is 6.09 Å². The molecule has 0 fully saturated rings. The minimum absolute atomic E-state index is 0.169. The molecule has 1 aromatic rings. The summed E-state index contributed by atoms with van der Waals surface area (Å²) in [5.41, 5.74) is 1.14. The highest BCUT2D eigenvalue weighted by atomic mass is 16.5. The topological polar surface area (TPSA) is 79.5 Å². The SMILES string of the molecule is C=CCNCC(=O)Nc1cccc(NC(=O)OC)c1. The van der Waals surface area contributed by atoms with Gasteiger partial charge in [-0.1, -0.05) is 12.1 Å². The first kappa shape index (κ1) is 14.7. The number of benzene rings is 1. The summed E-state index contributed by atoms with van der Waals surface area (Å²) >= 11 is 0. The summed E-state index contributed by atoms with van der Waals surface area (Å²) in [4.78, 5) is 22.6. The molecule has 0 heterocycles. The molecule has 0 bridgehead atoms. The van der Waals surface area contributed by atoms with Crippen LogP contribution in [0.4, 0.5) is 16.2 Å². The van der Waals surface area contributed by atoms with Gasteiger partial charge in [0.15, 0.2) is 0 Å². The smallest absolute Gasteiger partial charge is 0.411 e. The van der Waals surface area contributed by atoms with Crippen molar-refractivity contribution in [3.05, 3.63) is 36.9 Å². The Bertz CT molecular complexity index is 460. The van der Waals surface area contributed by atoms with Crippen LogP contribution >= 0.6 is 0 Å². The Labute approximate surface area is 111 Å². The van der Waals surface area contributed by atoms with Gasteiger partial charge in [0.25, 0.3) is 0 Å². The maximum atomic E-state index is 11.6. The zero-order valence-electron chi connectivity index (χ0n) is 10.7. The van der Waals surface area contributed by atoms with Crippen LogP contribution in [0.5, 0.6) is 0 Å². The molecule has 0 aliphatic rings. The first-order valence-corrected chi connectivity index (χ1v) is 5.72. The fourth-order valence-electron chi connectivity index (χ4n) is 1.34. The van der Waals surface area contributed by atoms with Gasteiger partial charge in [-0.3, -0.25) is 10.1 Å². The van der Waals surface area contributed by atoms with E-state index in [-0.39, 0.29) is 12.5 Å². The number of rotatable bonds is 6. The van der Waals surface area contributed by atoms with Crippen molar-refractivity contribution < 1.29 is 14.3 Å². The number of hydrogen-bond donors (Lipinski definition) is 3. The van der Waals surface area contributed by atoms with Gasteiger partial charge < -0.3 is 15.4 Å². The van der Waals surface area contributed by atoms with Gasteiger partial charge in [-0.05, 0) is 18.2 Å². The van der Waals surface area contributed by atoms with E-state index in [1.807, 2.05) is 0 Å². The second-order valence-electron chi connectivity index (χ2n) is 3.67. The number of nitrogens with one attached hydrogen (secondary N) is 3. The third-order valence-electron chi connectivity index (χ3n) is 2.15. The Kier molecular flexibility index (Phi) is 6.11. The molecule has 0 unspecified atom stereocenters. The van der Waals surface area contributed by atoms with E-state index in [4.69, 9.17) is 0 Å². The summed E-state index contributed by atoms with van der Waals surface area (Å²) in [5.74, 6) is -0.169. The van der Waals surface area contributed by atoms with Crippen molar-refractivity contribution in [1.29, 1.82) is 0 Å². The lowest BCUT2D eigenvalue weighted by atomic mass is 10.2. The second-order valence-corrected chi connectivity index (χ2v) is 3.67. The molecule has 3 N–H and O–H groups in total. The number of methoxy groups -OCH3 is 1. The molecule has 1 aromatic carbocycles. The van der Waals surface area contributed by atoms with Crippen LogP contribution in [0.25, 0.3) is 0 Å². The maximum absolute atomic E-state index is 11.6. The molecule has 0 radical (unpaired) electrons. The van der Waals surface area contributed by atoms with Crippen molar-refractivity contribution in [2.45, 2.75) is 0 Å². The van der Waals surface area contributed by atoms with E-state index < -0.39 is 6.09 Å². The minimum atomic E-state index is -0.559. The number of hydrogen-bond acceptors (Lipinski definition) is 4. The Morgan fingerprint density at radius 1 is 1.32 bits per heavy atom. The number of carbonyl (C=O) groups excluding carboxylic acids is 2. The molecule has 0 saturated heterocycles. The molecule has 0 saturated carbocycles. The molecular weight excluding hydrogens is 246 g/mol. The van der Waals surface area contributed by atoms with Gasteiger partial charge in [-0.2, -0.15) is 0 Å². The zero-order chi connectivity index (χ0) is 14.1. The van der Waals surface area contributed by atoms with Crippen molar-refractivity contribution in [2.75, 3.05) is 30.8 Å². The van der Waals surface area contributed by atoms with E-state index in [1.54, 1.807) is 30.3 Å². The summed E-state index contributed by atoms with van der Waals surface area (Å²) in [6, 6.07) is 6.79. The Balaban J connectivity index is 2.54. The largest absolute Gasteiger partial charge is 0.453 e. The molecule has 0 aliphatic carbocycles. The molecular formula is C13H17N3O3. The van der Waals surface area contributed by atoms with Crippen molar-refractivity contribution in [1.82, 2.24) is 5.32 Å². The summed E-state index contributed by atoms with van der Waals surface area (Å²) < 4.78 is 4.48. The van der Waals surface area contributed by atoms with Gasteiger partial charge in [0, 0.05) is 17.9 Å². The van der Waals surface area contributed by atoms with E-state index in [0.717, 1.165) is 0 Å². The lowest BCUT2D eigenvalue weighted by Gasteiger charge is -2.08. The molecule has 1 rings (SSSR count). The summed E-state index contributed by atoms with van der Waals surface area (Å²) in [7, 11) is 1.28. The molecule has 0 aromatic heterocycles. The van der Waals surface area contributed by atoms with Crippen LogP contribution in [0, 0.1) is 0 Å². The number of amides is 2. The van der Waals surface area contributed by atoms with Gasteiger partial charge in [0.1, 0.15) is 0 Å². The summed E-state index contributed by atoms with van der Waals surface area (Å²) in [6.07, 6.45) is 1.12. The monoisotopic (exact) mass is 263 g/mol. The number of carbonyl (C=O) groups is 2. The van der Waals surface area contributed by atoms with E-state index in [1.165, 1.54) is 7.11 Å². The molecule has 0 atom stereocenters. The van der Waals surface area contributed by atoms with Crippen LogP contribution in [-0.2, 0) is 9.53 Å². The third-order valence-corrected chi connectivity index (χ3v) is 2.15. The normalized spacial score (nSPS) is 9.53. The lowest BCUT2D eigenvalue weighted by Crippen LogP contribution is -2.28. The lowest BCUT2D eigenvalue weighted by molar-refractivity contribution is -0.115. The molecule has 2 amide bonds. The highest BCUT2D eigenvalue weighted by molar-refractivity contribution is 5.93. The van der Waals surface area contributed by atoms with E-state index in [9.17, 15) is 9.59 Å². The second kappa shape index (κ2) is 7.88. The number of anilines is 2. The van der Waals surface area contributed by atoms with Crippen LogP contribution in [0.2, 0.25) is 0 Å². The molecule has 6 nitrogen and oxygen atoms in total. The summed E-state index contributed by atoms with van der Waals surface area (Å²) in [5, 5.41) is 8.11. The first-order valence-electron chi connectivity index (χ1n) is 5.72.